The van der Waals surface area contributed by atoms with E-state index in [1.54, 1.807) is 4.90 Å². The van der Waals surface area contributed by atoms with Crippen molar-refractivity contribution in [3.8, 4) is 0 Å². The summed E-state index contributed by atoms with van der Waals surface area (Å²) in [6, 6.07) is 5.15. The zero-order valence-electron chi connectivity index (χ0n) is 15.1. The van der Waals surface area contributed by atoms with Gasteiger partial charge in [-0.25, -0.2) is 0 Å². The van der Waals surface area contributed by atoms with E-state index in [0.717, 1.165) is 11.1 Å². The first kappa shape index (κ1) is 18.1. The molecule has 1 aromatic rings. The van der Waals surface area contributed by atoms with Crippen LogP contribution in [-0.2, 0) is 22.7 Å². The van der Waals surface area contributed by atoms with Crippen molar-refractivity contribution in [1.82, 2.24) is 20.9 Å². The van der Waals surface area contributed by atoms with E-state index >= 15 is 0 Å². The number of hydrogen-bond donors (Lipinski definition) is 4. The maximum absolute atomic E-state index is 13.0. The Bertz CT molecular complexity index is 790. The molecule has 3 aliphatic rings. The van der Waals surface area contributed by atoms with Gasteiger partial charge in [0.25, 0.3) is 5.91 Å². The highest BCUT2D eigenvalue weighted by Crippen LogP contribution is 2.29. The average molecular weight is 372 g/mol. The number of carbonyl (C=O) groups is 3. The van der Waals surface area contributed by atoms with E-state index in [0.29, 0.717) is 51.1 Å². The summed E-state index contributed by atoms with van der Waals surface area (Å²) in [6.07, 6.45) is 1.28. The van der Waals surface area contributed by atoms with Crippen molar-refractivity contribution in [1.29, 1.82) is 0 Å². The van der Waals surface area contributed by atoms with Crippen molar-refractivity contribution >= 4 is 17.7 Å². The second kappa shape index (κ2) is 7.03. The monoisotopic (exact) mass is 372 g/mol. The van der Waals surface area contributed by atoms with E-state index in [4.69, 9.17) is 0 Å². The van der Waals surface area contributed by atoms with Crippen LogP contribution in [0.5, 0.6) is 0 Å². The van der Waals surface area contributed by atoms with Gasteiger partial charge < -0.3 is 20.6 Å². The molecule has 0 saturated carbocycles. The van der Waals surface area contributed by atoms with Gasteiger partial charge in [-0.3, -0.25) is 19.7 Å². The smallest absolute Gasteiger partial charge is 0.255 e. The van der Waals surface area contributed by atoms with Crippen molar-refractivity contribution in [2.45, 2.75) is 44.0 Å². The number of amides is 3. The average Bonchev–Trinajstić information content (AvgIpc) is 2.95. The number of fused-ring (bicyclic) bond motifs is 1. The van der Waals surface area contributed by atoms with Crippen LogP contribution < -0.4 is 16.0 Å². The zero-order valence-corrected chi connectivity index (χ0v) is 15.1. The number of imide groups is 1. The van der Waals surface area contributed by atoms with Crippen LogP contribution in [0.2, 0.25) is 0 Å². The van der Waals surface area contributed by atoms with Crippen molar-refractivity contribution < 1.29 is 19.5 Å². The molecule has 3 heterocycles. The number of nitrogens with one attached hydrogen (secondary N) is 3. The fourth-order valence-electron chi connectivity index (χ4n) is 3.97. The van der Waals surface area contributed by atoms with Crippen molar-refractivity contribution in [2.75, 3.05) is 19.6 Å². The highest BCUT2D eigenvalue weighted by Gasteiger charge is 2.40. The number of rotatable bonds is 6. The van der Waals surface area contributed by atoms with E-state index in [1.807, 2.05) is 18.2 Å². The third kappa shape index (κ3) is 3.47. The third-order valence-electron chi connectivity index (χ3n) is 5.63. The summed E-state index contributed by atoms with van der Waals surface area (Å²) >= 11 is 0. The van der Waals surface area contributed by atoms with Crippen LogP contribution in [-0.4, -0.2) is 59.0 Å². The van der Waals surface area contributed by atoms with Gasteiger partial charge in [0.1, 0.15) is 6.04 Å². The largest absolute Gasteiger partial charge is 0.387 e. The minimum absolute atomic E-state index is 0.154. The Morgan fingerprint density at radius 2 is 2.07 bits per heavy atom. The Labute approximate surface area is 157 Å². The number of piperidine rings is 1. The molecule has 4 N–H and O–H groups in total. The molecule has 8 heteroatoms. The summed E-state index contributed by atoms with van der Waals surface area (Å²) < 4.78 is 0. The van der Waals surface area contributed by atoms with Crippen LogP contribution in [0.3, 0.4) is 0 Å². The maximum atomic E-state index is 13.0. The van der Waals surface area contributed by atoms with Crippen LogP contribution in [0.25, 0.3) is 0 Å². The summed E-state index contributed by atoms with van der Waals surface area (Å²) in [5.74, 6) is -0.832. The summed E-state index contributed by atoms with van der Waals surface area (Å²) in [7, 11) is 0. The van der Waals surface area contributed by atoms with Crippen molar-refractivity contribution in [3.63, 3.8) is 0 Å². The van der Waals surface area contributed by atoms with Crippen LogP contribution in [0.4, 0.5) is 0 Å². The molecule has 0 aliphatic carbocycles. The molecule has 8 nitrogen and oxygen atoms in total. The molecule has 2 fully saturated rings. The Kier molecular flexibility index (Phi) is 4.71. The lowest BCUT2D eigenvalue weighted by Gasteiger charge is -2.37. The highest BCUT2D eigenvalue weighted by molar-refractivity contribution is 6.05. The van der Waals surface area contributed by atoms with Gasteiger partial charge in [-0.15, -0.1) is 0 Å². The number of carbonyl (C=O) groups excluding carboxylic acids is 3. The predicted molar refractivity (Wildman–Crippen MR) is 96.6 cm³/mol. The Hall–Kier alpha value is -2.29. The molecule has 3 aliphatic heterocycles. The molecule has 0 bridgehead atoms. The second-order valence-corrected chi connectivity index (χ2v) is 7.61. The Balaban J connectivity index is 1.42. The van der Waals surface area contributed by atoms with Crippen molar-refractivity contribution in [2.24, 2.45) is 0 Å². The van der Waals surface area contributed by atoms with E-state index < -0.39 is 17.6 Å². The molecule has 0 spiro atoms. The lowest BCUT2D eigenvalue weighted by atomic mass is 9.93. The number of hydrogen-bond acceptors (Lipinski definition) is 6. The molecule has 144 valence electrons. The Morgan fingerprint density at radius 1 is 1.26 bits per heavy atom. The van der Waals surface area contributed by atoms with Crippen molar-refractivity contribution in [3.05, 3.63) is 34.9 Å². The highest BCUT2D eigenvalue weighted by atomic mass is 16.3. The van der Waals surface area contributed by atoms with Crippen LogP contribution >= 0.6 is 0 Å². The first-order valence-corrected chi connectivity index (χ1v) is 9.36. The SMILES string of the molecule is O=C1CCC(N2Cc3cccc(CNCCC4(O)CNC4)c3C2=O)C(=O)N1. The van der Waals surface area contributed by atoms with Gasteiger partial charge in [0, 0.05) is 38.2 Å². The topological polar surface area (TPSA) is 111 Å². The molecule has 0 aromatic heterocycles. The molecule has 4 rings (SSSR count). The fourth-order valence-corrected chi connectivity index (χ4v) is 3.97. The summed E-state index contributed by atoms with van der Waals surface area (Å²) in [4.78, 5) is 38.1. The molecule has 1 atom stereocenters. The molecule has 2 saturated heterocycles. The van der Waals surface area contributed by atoms with Gasteiger partial charge >= 0.3 is 0 Å². The fraction of sp³-hybridized carbons (Fsp3) is 0.526. The van der Waals surface area contributed by atoms with Crippen LogP contribution in [0.15, 0.2) is 18.2 Å². The van der Waals surface area contributed by atoms with Crippen LogP contribution in [0.1, 0.15) is 40.7 Å². The summed E-state index contributed by atoms with van der Waals surface area (Å²) in [6.45, 7) is 2.82. The summed E-state index contributed by atoms with van der Waals surface area (Å²) in [5, 5.41) is 18.8. The minimum Gasteiger partial charge on any atom is -0.387 e. The van der Waals surface area contributed by atoms with E-state index in [-0.39, 0.29) is 18.2 Å². The second-order valence-electron chi connectivity index (χ2n) is 7.61. The van der Waals surface area contributed by atoms with E-state index in [9.17, 15) is 19.5 Å². The minimum atomic E-state index is -0.621. The summed E-state index contributed by atoms with van der Waals surface area (Å²) in [5.41, 5.74) is 1.83. The van der Waals surface area contributed by atoms with E-state index in [1.165, 1.54) is 0 Å². The quantitative estimate of drug-likeness (QED) is 0.387. The molecular formula is C19H24N4O4. The lowest BCUT2D eigenvalue weighted by molar-refractivity contribution is -0.136. The molecule has 27 heavy (non-hydrogen) atoms. The van der Waals surface area contributed by atoms with E-state index in [2.05, 4.69) is 16.0 Å². The van der Waals surface area contributed by atoms with Gasteiger partial charge in [0.2, 0.25) is 11.8 Å². The molecule has 3 amide bonds. The number of β-amino-alcohol motifs (C(OH)–C–C–N with tert-alkyl or cyclic N) is 1. The molecule has 1 aromatic carbocycles. The Morgan fingerprint density at radius 3 is 2.78 bits per heavy atom. The maximum Gasteiger partial charge on any atom is 0.255 e. The normalized spacial score (nSPS) is 23.8. The van der Waals surface area contributed by atoms with Gasteiger partial charge in [-0.1, -0.05) is 18.2 Å². The molecular weight excluding hydrogens is 348 g/mol. The van der Waals surface area contributed by atoms with Crippen LogP contribution in [0, 0.1) is 0 Å². The number of benzene rings is 1. The van der Waals surface area contributed by atoms with Gasteiger partial charge in [0.15, 0.2) is 0 Å². The molecule has 0 radical (unpaired) electrons. The molecule has 1 unspecified atom stereocenters. The third-order valence-corrected chi connectivity index (χ3v) is 5.63. The predicted octanol–water partition coefficient (Wildman–Crippen LogP) is -0.738. The number of nitrogens with zero attached hydrogens (tertiary/aromatic N) is 1. The number of aliphatic hydroxyl groups is 1. The zero-order chi connectivity index (χ0) is 19.0. The van der Waals surface area contributed by atoms with Gasteiger partial charge in [-0.05, 0) is 30.5 Å². The first-order chi connectivity index (χ1) is 13.0. The first-order valence-electron chi connectivity index (χ1n) is 9.36. The van der Waals surface area contributed by atoms with Gasteiger partial charge in [0.05, 0.1) is 5.60 Å². The van der Waals surface area contributed by atoms with Gasteiger partial charge in [-0.2, -0.15) is 0 Å². The standard InChI is InChI=1S/C19H24N4O4/c24-15-5-4-14(17(25)22-15)23-9-13-3-1-2-12(16(13)18(23)26)8-20-7-6-19(27)10-21-11-19/h1-3,14,20-21,27H,4-11H2,(H,22,24,25). The lowest BCUT2D eigenvalue weighted by Crippen LogP contribution is -2.60.